The van der Waals surface area contributed by atoms with Crippen LogP contribution in [0.25, 0.3) is 11.5 Å². The number of carboxylic acid groups (broad SMARTS) is 1. The van der Waals surface area contributed by atoms with E-state index < -0.39 is 5.97 Å². The van der Waals surface area contributed by atoms with Gasteiger partial charge < -0.3 is 9.63 Å². The summed E-state index contributed by atoms with van der Waals surface area (Å²) in [5.74, 6) is -0.377. The number of aromatic carboxylic acids is 1. The molecule has 6 heteroatoms. The summed E-state index contributed by atoms with van der Waals surface area (Å²) in [5.41, 5.74) is 1.35. The number of carbonyl (C=O) groups is 1. The number of hydrogen-bond acceptors (Lipinski definition) is 5. The van der Waals surface area contributed by atoms with Gasteiger partial charge in [0.1, 0.15) is 0 Å². The molecule has 1 N–H and O–H groups in total. The number of benzene rings is 1. The summed E-state index contributed by atoms with van der Waals surface area (Å²) in [6, 6.07) is 12.1. The highest BCUT2D eigenvalue weighted by Gasteiger charge is 2.16. The molecule has 0 spiro atoms. The average molecular weight is 281 g/mol. The van der Waals surface area contributed by atoms with Gasteiger partial charge in [0, 0.05) is 11.9 Å². The molecule has 0 fully saturated rings. The standard InChI is InChI=1S/C15H11N3O3/c19-15(20)12-7-2-1-6-11(12)14-17-13(18-21-14)9-10-5-3-4-8-16-10/h1-8H,9H2,(H,19,20). The Kier molecular flexibility index (Phi) is 3.42. The Morgan fingerprint density at radius 1 is 1.14 bits per heavy atom. The van der Waals surface area contributed by atoms with E-state index >= 15 is 0 Å². The van der Waals surface area contributed by atoms with E-state index in [0.717, 1.165) is 5.69 Å². The maximum Gasteiger partial charge on any atom is 0.336 e. The lowest BCUT2D eigenvalue weighted by molar-refractivity contribution is 0.0697. The molecule has 0 aliphatic rings. The molecule has 0 amide bonds. The molecule has 2 aromatic heterocycles. The topological polar surface area (TPSA) is 89.1 Å². The first-order chi connectivity index (χ1) is 10.2. The maximum absolute atomic E-state index is 11.2. The molecule has 0 aliphatic heterocycles. The fourth-order valence-corrected chi connectivity index (χ4v) is 1.96. The fourth-order valence-electron chi connectivity index (χ4n) is 1.96. The average Bonchev–Trinajstić information content (AvgIpc) is 2.96. The van der Waals surface area contributed by atoms with E-state index in [1.165, 1.54) is 6.07 Å². The van der Waals surface area contributed by atoms with Gasteiger partial charge >= 0.3 is 5.97 Å². The molecule has 0 saturated carbocycles. The van der Waals surface area contributed by atoms with Gasteiger partial charge in [-0.1, -0.05) is 23.4 Å². The lowest BCUT2D eigenvalue weighted by Gasteiger charge is -1.99. The zero-order valence-electron chi connectivity index (χ0n) is 10.9. The van der Waals surface area contributed by atoms with Gasteiger partial charge in [0.15, 0.2) is 5.82 Å². The van der Waals surface area contributed by atoms with Crippen molar-refractivity contribution in [3.63, 3.8) is 0 Å². The van der Waals surface area contributed by atoms with Crippen molar-refractivity contribution >= 4 is 5.97 Å². The first kappa shape index (κ1) is 13.0. The first-order valence-electron chi connectivity index (χ1n) is 6.29. The second-order valence-electron chi connectivity index (χ2n) is 4.36. The quantitative estimate of drug-likeness (QED) is 0.790. The normalized spacial score (nSPS) is 10.5. The van der Waals surface area contributed by atoms with Crippen LogP contribution in [0.5, 0.6) is 0 Å². The van der Waals surface area contributed by atoms with Crippen LogP contribution < -0.4 is 0 Å². The van der Waals surface area contributed by atoms with E-state index in [0.29, 0.717) is 17.8 Å². The second kappa shape index (κ2) is 5.54. The summed E-state index contributed by atoms with van der Waals surface area (Å²) in [4.78, 5) is 19.6. The number of nitrogens with zero attached hydrogens (tertiary/aromatic N) is 3. The molecule has 1 aromatic carbocycles. The van der Waals surface area contributed by atoms with Gasteiger partial charge in [-0.3, -0.25) is 4.98 Å². The van der Waals surface area contributed by atoms with Gasteiger partial charge in [0.2, 0.25) is 0 Å². The molecule has 0 radical (unpaired) electrons. The van der Waals surface area contributed by atoms with Crippen molar-refractivity contribution in [2.75, 3.05) is 0 Å². The molecule has 6 nitrogen and oxygen atoms in total. The predicted molar refractivity (Wildman–Crippen MR) is 73.7 cm³/mol. The predicted octanol–water partition coefficient (Wildman–Crippen LogP) is 2.42. The van der Waals surface area contributed by atoms with Crippen LogP contribution in [0.1, 0.15) is 21.9 Å². The Hall–Kier alpha value is -3.02. The van der Waals surface area contributed by atoms with Crippen molar-refractivity contribution in [1.82, 2.24) is 15.1 Å². The lowest BCUT2D eigenvalue weighted by Crippen LogP contribution is -1.99. The number of pyridine rings is 1. The van der Waals surface area contributed by atoms with E-state index in [9.17, 15) is 4.79 Å². The number of aromatic nitrogens is 3. The van der Waals surface area contributed by atoms with Crippen molar-refractivity contribution in [3.05, 3.63) is 65.7 Å². The van der Waals surface area contributed by atoms with Gasteiger partial charge in [-0.05, 0) is 24.3 Å². The maximum atomic E-state index is 11.2. The minimum Gasteiger partial charge on any atom is -0.478 e. The molecular formula is C15H11N3O3. The van der Waals surface area contributed by atoms with Crippen molar-refractivity contribution in [3.8, 4) is 11.5 Å². The summed E-state index contributed by atoms with van der Waals surface area (Å²) >= 11 is 0. The Bertz CT molecular complexity index is 769. The molecule has 0 saturated heterocycles. The monoisotopic (exact) mass is 281 g/mol. The zero-order chi connectivity index (χ0) is 14.7. The minimum atomic E-state index is -1.03. The summed E-state index contributed by atoms with van der Waals surface area (Å²) in [6.45, 7) is 0. The third-order valence-corrected chi connectivity index (χ3v) is 2.92. The second-order valence-corrected chi connectivity index (χ2v) is 4.36. The Morgan fingerprint density at radius 2 is 1.95 bits per heavy atom. The smallest absolute Gasteiger partial charge is 0.336 e. The van der Waals surface area contributed by atoms with Gasteiger partial charge in [-0.2, -0.15) is 4.98 Å². The highest BCUT2D eigenvalue weighted by Crippen LogP contribution is 2.22. The molecular weight excluding hydrogens is 270 g/mol. The summed E-state index contributed by atoms with van der Waals surface area (Å²) in [6.07, 6.45) is 2.12. The number of hydrogen-bond donors (Lipinski definition) is 1. The van der Waals surface area contributed by atoms with Gasteiger partial charge in [0.05, 0.1) is 17.5 Å². The van der Waals surface area contributed by atoms with Crippen molar-refractivity contribution in [2.24, 2.45) is 0 Å². The number of carboxylic acids is 1. The molecule has 0 unspecified atom stereocenters. The molecule has 0 atom stereocenters. The van der Waals surface area contributed by atoms with E-state index in [4.69, 9.17) is 9.63 Å². The Labute approximate surface area is 120 Å². The van der Waals surface area contributed by atoms with Gasteiger partial charge in [-0.15, -0.1) is 0 Å². The molecule has 0 bridgehead atoms. The van der Waals surface area contributed by atoms with Crippen LogP contribution in [-0.2, 0) is 6.42 Å². The molecule has 2 heterocycles. The van der Waals surface area contributed by atoms with Crippen molar-refractivity contribution in [1.29, 1.82) is 0 Å². The van der Waals surface area contributed by atoms with E-state index in [2.05, 4.69) is 15.1 Å². The third kappa shape index (κ3) is 2.79. The van der Waals surface area contributed by atoms with Crippen LogP contribution >= 0.6 is 0 Å². The zero-order valence-corrected chi connectivity index (χ0v) is 10.9. The Balaban J connectivity index is 1.90. The van der Waals surface area contributed by atoms with E-state index in [-0.39, 0.29) is 11.5 Å². The lowest BCUT2D eigenvalue weighted by atomic mass is 10.1. The molecule has 104 valence electrons. The summed E-state index contributed by atoms with van der Waals surface area (Å²) in [7, 11) is 0. The van der Waals surface area contributed by atoms with Gasteiger partial charge in [-0.25, -0.2) is 4.79 Å². The molecule has 21 heavy (non-hydrogen) atoms. The van der Waals surface area contributed by atoms with Crippen LogP contribution in [0.2, 0.25) is 0 Å². The van der Waals surface area contributed by atoms with Crippen LogP contribution in [0.3, 0.4) is 0 Å². The SMILES string of the molecule is O=C(O)c1ccccc1-c1nc(Cc2ccccn2)no1. The van der Waals surface area contributed by atoms with E-state index in [1.54, 1.807) is 24.4 Å². The minimum absolute atomic E-state index is 0.130. The highest BCUT2D eigenvalue weighted by molar-refractivity contribution is 5.94. The molecule has 0 aliphatic carbocycles. The fraction of sp³-hybridized carbons (Fsp3) is 0.0667. The van der Waals surface area contributed by atoms with Crippen molar-refractivity contribution < 1.29 is 14.4 Å². The summed E-state index contributed by atoms with van der Waals surface area (Å²) in [5, 5.41) is 13.0. The Morgan fingerprint density at radius 3 is 2.71 bits per heavy atom. The number of rotatable bonds is 4. The van der Waals surface area contributed by atoms with Crippen LogP contribution in [0.15, 0.2) is 53.2 Å². The molecule has 3 aromatic rings. The van der Waals surface area contributed by atoms with Crippen LogP contribution in [-0.4, -0.2) is 26.2 Å². The summed E-state index contributed by atoms with van der Waals surface area (Å²) < 4.78 is 5.16. The van der Waals surface area contributed by atoms with Gasteiger partial charge in [0.25, 0.3) is 5.89 Å². The highest BCUT2D eigenvalue weighted by atomic mass is 16.5. The van der Waals surface area contributed by atoms with Crippen molar-refractivity contribution in [2.45, 2.75) is 6.42 Å². The van der Waals surface area contributed by atoms with E-state index in [1.807, 2.05) is 18.2 Å². The first-order valence-corrected chi connectivity index (χ1v) is 6.29. The molecule has 3 rings (SSSR count). The largest absolute Gasteiger partial charge is 0.478 e. The van der Waals surface area contributed by atoms with Crippen LogP contribution in [0, 0.1) is 0 Å². The third-order valence-electron chi connectivity index (χ3n) is 2.92. The van der Waals surface area contributed by atoms with Crippen LogP contribution in [0.4, 0.5) is 0 Å².